The molecular formula is C13H14ClN3OS. The van der Waals surface area contributed by atoms with Gasteiger partial charge < -0.3 is 4.57 Å². The Morgan fingerprint density at radius 2 is 2.21 bits per heavy atom. The molecule has 1 saturated carbocycles. The van der Waals surface area contributed by atoms with Crippen LogP contribution in [-0.2, 0) is 0 Å². The third-order valence-corrected chi connectivity index (χ3v) is 4.64. The predicted molar refractivity (Wildman–Crippen MR) is 77.2 cm³/mol. The van der Waals surface area contributed by atoms with Gasteiger partial charge in [-0.3, -0.25) is 4.79 Å². The standard InChI is InChI=1S/C13H14ClN3OS/c1-19-13-15-6-9-11(14)10(7-18)17(12(9)16-13)8-4-2-3-5-8/h6-8H,2-5H2,1H3. The van der Waals surface area contributed by atoms with E-state index >= 15 is 0 Å². The Bertz CT molecular complexity index is 634. The van der Waals surface area contributed by atoms with Gasteiger partial charge in [-0.1, -0.05) is 36.2 Å². The highest BCUT2D eigenvalue weighted by molar-refractivity contribution is 7.98. The Labute approximate surface area is 120 Å². The number of rotatable bonds is 3. The zero-order valence-electron chi connectivity index (χ0n) is 10.6. The van der Waals surface area contributed by atoms with E-state index in [1.165, 1.54) is 24.6 Å². The quantitative estimate of drug-likeness (QED) is 0.492. The van der Waals surface area contributed by atoms with Crippen molar-refractivity contribution in [2.45, 2.75) is 36.9 Å². The molecule has 1 aliphatic rings. The second-order valence-corrected chi connectivity index (χ2v) is 5.87. The first-order chi connectivity index (χ1) is 9.26. The minimum atomic E-state index is 0.333. The fourth-order valence-corrected chi connectivity index (χ4v) is 3.40. The van der Waals surface area contributed by atoms with Crippen LogP contribution in [0, 0.1) is 0 Å². The molecule has 0 aliphatic heterocycles. The molecule has 0 bridgehead atoms. The van der Waals surface area contributed by atoms with E-state index in [2.05, 4.69) is 9.97 Å². The summed E-state index contributed by atoms with van der Waals surface area (Å²) in [5.74, 6) is 0. The summed E-state index contributed by atoms with van der Waals surface area (Å²) < 4.78 is 2.01. The van der Waals surface area contributed by atoms with Crippen molar-refractivity contribution in [1.29, 1.82) is 0 Å². The Hall–Kier alpha value is -1.07. The lowest BCUT2D eigenvalue weighted by molar-refractivity contribution is 0.111. The van der Waals surface area contributed by atoms with Crippen molar-refractivity contribution in [2.24, 2.45) is 0 Å². The Balaban J connectivity index is 2.28. The van der Waals surface area contributed by atoms with Crippen LogP contribution in [-0.4, -0.2) is 27.1 Å². The van der Waals surface area contributed by atoms with Crippen LogP contribution < -0.4 is 0 Å². The molecule has 2 heterocycles. The molecule has 2 aromatic heterocycles. The fraction of sp³-hybridized carbons (Fsp3) is 0.462. The number of halogens is 1. The normalized spacial score (nSPS) is 16.3. The molecule has 0 saturated heterocycles. The van der Waals surface area contributed by atoms with Gasteiger partial charge in [0.25, 0.3) is 0 Å². The van der Waals surface area contributed by atoms with Crippen molar-refractivity contribution in [1.82, 2.24) is 14.5 Å². The first-order valence-electron chi connectivity index (χ1n) is 6.32. The molecule has 1 fully saturated rings. The van der Waals surface area contributed by atoms with E-state index in [1.807, 2.05) is 10.8 Å². The summed E-state index contributed by atoms with van der Waals surface area (Å²) in [6, 6.07) is 0.333. The number of carbonyl (C=O) groups excluding carboxylic acids is 1. The van der Waals surface area contributed by atoms with Crippen LogP contribution in [0.1, 0.15) is 42.2 Å². The van der Waals surface area contributed by atoms with Crippen molar-refractivity contribution in [3.63, 3.8) is 0 Å². The summed E-state index contributed by atoms with van der Waals surface area (Å²) in [7, 11) is 0. The minimum Gasteiger partial charge on any atom is -0.319 e. The van der Waals surface area contributed by atoms with Crippen molar-refractivity contribution in [3.05, 3.63) is 16.9 Å². The number of nitrogens with zero attached hydrogens (tertiary/aromatic N) is 3. The van der Waals surface area contributed by atoms with Crippen LogP contribution in [0.15, 0.2) is 11.4 Å². The number of fused-ring (bicyclic) bond motifs is 1. The molecule has 0 N–H and O–H groups in total. The molecule has 0 amide bonds. The predicted octanol–water partition coefficient (Wildman–Crippen LogP) is 3.73. The van der Waals surface area contributed by atoms with E-state index in [9.17, 15) is 4.79 Å². The van der Waals surface area contributed by atoms with Crippen LogP contribution in [0.2, 0.25) is 5.02 Å². The fourth-order valence-electron chi connectivity index (χ4n) is 2.79. The highest BCUT2D eigenvalue weighted by atomic mass is 35.5. The maximum atomic E-state index is 11.4. The minimum absolute atomic E-state index is 0.333. The van der Waals surface area contributed by atoms with E-state index in [0.717, 1.165) is 30.2 Å². The van der Waals surface area contributed by atoms with Gasteiger partial charge in [-0.25, -0.2) is 9.97 Å². The van der Waals surface area contributed by atoms with E-state index in [0.29, 0.717) is 21.9 Å². The molecule has 0 unspecified atom stereocenters. The number of aromatic nitrogens is 3. The molecule has 2 aromatic rings. The van der Waals surface area contributed by atoms with E-state index in [4.69, 9.17) is 11.6 Å². The van der Waals surface area contributed by atoms with E-state index < -0.39 is 0 Å². The Kier molecular flexibility index (Phi) is 3.50. The van der Waals surface area contributed by atoms with Crippen molar-refractivity contribution in [2.75, 3.05) is 6.26 Å². The van der Waals surface area contributed by atoms with Gasteiger partial charge in [0.05, 0.1) is 10.4 Å². The lowest BCUT2D eigenvalue weighted by Crippen LogP contribution is -2.09. The molecule has 19 heavy (non-hydrogen) atoms. The average Bonchev–Trinajstić information content (AvgIpc) is 3.04. The van der Waals surface area contributed by atoms with Gasteiger partial charge in [-0.05, 0) is 19.1 Å². The number of carbonyl (C=O) groups is 1. The maximum absolute atomic E-state index is 11.4. The van der Waals surface area contributed by atoms with Gasteiger partial charge in [0.2, 0.25) is 0 Å². The first kappa shape index (κ1) is 12.9. The Morgan fingerprint density at radius 3 is 2.84 bits per heavy atom. The summed E-state index contributed by atoms with van der Waals surface area (Å²) in [5.41, 5.74) is 1.33. The molecule has 0 spiro atoms. The topological polar surface area (TPSA) is 47.8 Å². The second kappa shape index (κ2) is 5.13. The monoisotopic (exact) mass is 295 g/mol. The van der Waals surface area contributed by atoms with E-state index in [-0.39, 0.29) is 0 Å². The van der Waals surface area contributed by atoms with Crippen LogP contribution in [0.25, 0.3) is 11.0 Å². The zero-order valence-corrected chi connectivity index (χ0v) is 12.2. The largest absolute Gasteiger partial charge is 0.319 e. The molecular weight excluding hydrogens is 282 g/mol. The highest BCUT2D eigenvalue weighted by Crippen LogP contribution is 2.37. The molecule has 1 aliphatic carbocycles. The number of thioether (sulfide) groups is 1. The van der Waals surface area contributed by atoms with Gasteiger partial charge in [0, 0.05) is 12.2 Å². The number of hydrogen-bond acceptors (Lipinski definition) is 4. The maximum Gasteiger partial charge on any atom is 0.189 e. The smallest absolute Gasteiger partial charge is 0.189 e. The molecule has 0 aromatic carbocycles. The van der Waals surface area contributed by atoms with Crippen molar-refractivity contribution < 1.29 is 4.79 Å². The lowest BCUT2D eigenvalue weighted by Gasteiger charge is -2.14. The number of aldehydes is 1. The van der Waals surface area contributed by atoms with Crippen LogP contribution in [0.5, 0.6) is 0 Å². The summed E-state index contributed by atoms with van der Waals surface area (Å²) in [6.07, 6.45) is 9.04. The third-order valence-electron chi connectivity index (χ3n) is 3.68. The molecule has 6 heteroatoms. The van der Waals surface area contributed by atoms with Gasteiger partial charge in [-0.2, -0.15) is 0 Å². The SMILES string of the molecule is CSc1ncc2c(Cl)c(C=O)n(C3CCCC3)c2n1. The average molecular weight is 296 g/mol. The van der Waals surface area contributed by atoms with Gasteiger partial charge in [-0.15, -0.1) is 0 Å². The second-order valence-electron chi connectivity index (χ2n) is 4.72. The Morgan fingerprint density at radius 1 is 1.47 bits per heavy atom. The summed E-state index contributed by atoms with van der Waals surface area (Å²) in [5, 5.41) is 1.95. The van der Waals surface area contributed by atoms with Crippen LogP contribution in [0.4, 0.5) is 0 Å². The van der Waals surface area contributed by atoms with Gasteiger partial charge in [0.1, 0.15) is 11.3 Å². The summed E-state index contributed by atoms with van der Waals surface area (Å²) in [4.78, 5) is 20.1. The van der Waals surface area contributed by atoms with Crippen LogP contribution in [0.3, 0.4) is 0 Å². The highest BCUT2D eigenvalue weighted by Gasteiger charge is 2.25. The van der Waals surface area contributed by atoms with Crippen LogP contribution >= 0.6 is 23.4 Å². The van der Waals surface area contributed by atoms with Gasteiger partial charge >= 0.3 is 0 Å². The lowest BCUT2D eigenvalue weighted by atomic mass is 10.2. The van der Waals surface area contributed by atoms with E-state index in [1.54, 1.807) is 6.20 Å². The van der Waals surface area contributed by atoms with Crippen molar-refractivity contribution >= 4 is 40.7 Å². The third kappa shape index (κ3) is 2.05. The molecule has 0 radical (unpaired) electrons. The summed E-state index contributed by atoms with van der Waals surface area (Å²) in [6.45, 7) is 0. The number of hydrogen-bond donors (Lipinski definition) is 0. The summed E-state index contributed by atoms with van der Waals surface area (Å²) >= 11 is 7.79. The molecule has 3 rings (SSSR count). The van der Waals surface area contributed by atoms with Gasteiger partial charge in [0.15, 0.2) is 11.4 Å². The molecule has 100 valence electrons. The first-order valence-corrected chi connectivity index (χ1v) is 7.92. The molecule has 4 nitrogen and oxygen atoms in total. The van der Waals surface area contributed by atoms with Crippen molar-refractivity contribution in [3.8, 4) is 0 Å². The molecule has 0 atom stereocenters. The zero-order chi connectivity index (χ0) is 13.4.